The minimum atomic E-state index is -3.54. The van der Waals surface area contributed by atoms with Crippen molar-refractivity contribution >= 4 is 15.9 Å². The van der Waals surface area contributed by atoms with Gasteiger partial charge in [0.05, 0.1) is 10.8 Å². The Morgan fingerprint density at radius 3 is 2.52 bits per heavy atom. The Hall–Kier alpha value is -1.84. The van der Waals surface area contributed by atoms with E-state index in [0.29, 0.717) is 19.5 Å². The van der Waals surface area contributed by atoms with Crippen LogP contribution in [-0.4, -0.2) is 49.7 Å². The summed E-state index contributed by atoms with van der Waals surface area (Å²) in [5, 5.41) is 0. The molecule has 0 N–H and O–H groups in total. The highest BCUT2D eigenvalue weighted by molar-refractivity contribution is 7.89. The van der Waals surface area contributed by atoms with Crippen LogP contribution in [-0.2, 0) is 14.8 Å². The number of hydrogen-bond acceptors (Lipinski definition) is 3. The molecule has 0 aliphatic carbocycles. The third-order valence-electron chi connectivity index (χ3n) is 5.08. The summed E-state index contributed by atoms with van der Waals surface area (Å²) in [5.74, 6) is 2.64. The molecule has 0 radical (unpaired) electrons. The van der Waals surface area contributed by atoms with Gasteiger partial charge in [0, 0.05) is 32.1 Å². The van der Waals surface area contributed by atoms with Crippen molar-refractivity contribution in [1.82, 2.24) is 9.21 Å². The third-order valence-corrected chi connectivity index (χ3v) is 6.96. The lowest BCUT2D eigenvalue weighted by molar-refractivity contribution is -0.138. The molecule has 0 spiro atoms. The van der Waals surface area contributed by atoms with Crippen molar-refractivity contribution in [2.45, 2.75) is 30.6 Å². The molecule has 2 heterocycles. The van der Waals surface area contributed by atoms with Crippen LogP contribution in [0.4, 0.5) is 0 Å². The monoisotopic (exact) mass is 360 g/mol. The van der Waals surface area contributed by atoms with Gasteiger partial charge < -0.3 is 4.90 Å². The zero-order valence-electron chi connectivity index (χ0n) is 14.3. The second-order valence-corrected chi connectivity index (χ2v) is 8.74. The number of sulfonamides is 1. The molecule has 0 saturated carbocycles. The SMILES string of the molecule is C#CC1CCCN(C(=O)C2CCCN(S(=O)(=O)c3ccccc3)C2)C1. The van der Waals surface area contributed by atoms with Gasteiger partial charge in [-0.05, 0) is 37.8 Å². The number of likely N-dealkylation sites (tertiary alicyclic amines) is 1. The largest absolute Gasteiger partial charge is 0.341 e. The maximum atomic E-state index is 12.9. The van der Waals surface area contributed by atoms with Gasteiger partial charge in [0.2, 0.25) is 15.9 Å². The van der Waals surface area contributed by atoms with Crippen molar-refractivity contribution in [2.75, 3.05) is 26.2 Å². The highest BCUT2D eigenvalue weighted by Gasteiger charge is 2.36. The quantitative estimate of drug-likeness (QED) is 0.774. The fraction of sp³-hybridized carbons (Fsp3) is 0.526. The summed E-state index contributed by atoms with van der Waals surface area (Å²) < 4.78 is 27.1. The van der Waals surface area contributed by atoms with Crippen molar-refractivity contribution < 1.29 is 13.2 Å². The van der Waals surface area contributed by atoms with Crippen molar-refractivity contribution in [3.8, 4) is 12.3 Å². The van der Waals surface area contributed by atoms with E-state index in [1.54, 1.807) is 30.3 Å². The topological polar surface area (TPSA) is 57.7 Å². The van der Waals surface area contributed by atoms with Crippen molar-refractivity contribution in [2.24, 2.45) is 11.8 Å². The van der Waals surface area contributed by atoms with Gasteiger partial charge in [-0.2, -0.15) is 4.31 Å². The minimum Gasteiger partial charge on any atom is -0.341 e. The number of hydrogen-bond donors (Lipinski definition) is 0. The van der Waals surface area contributed by atoms with Gasteiger partial charge in [-0.15, -0.1) is 12.3 Å². The van der Waals surface area contributed by atoms with Crippen molar-refractivity contribution in [3.63, 3.8) is 0 Å². The molecule has 0 bridgehead atoms. The van der Waals surface area contributed by atoms with Gasteiger partial charge in [0.25, 0.3) is 0 Å². The van der Waals surface area contributed by atoms with Crippen LogP contribution < -0.4 is 0 Å². The molecule has 2 aliphatic rings. The highest BCUT2D eigenvalue weighted by Crippen LogP contribution is 2.26. The second kappa shape index (κ2) is 7.59. The van der Waals surface area contributed by atoms with Gasteiger partial charge in [0.1, 0.15) is 0 Å². The van der Waals surface area contributed by atoms with E-state index in [-0.39, 0.29) is 29.2 Å². The Morgan fingerprint density at radius 1 is 1.08 bits per heavy atom. The fourth-order valence-corrected chi connectivity index (χ4v) is 5.22. The van der Waals surface area contributed by atoms with Gasteiger partial charge in [-0.3, -0.25) is 4.79 Å². The Labute approximate surface area is 150 Å². The molecule has 2 aliphatic heterocycles. The van der Waals surface area contributed by atoms with E-state index < -0.39 is 10.0 Å². The van der Waals surface area contributed by atoms with Crippen LogP contribution in [0.3, 0.4) is 0 Å². The first kappa shape index (κ1) is 18.0. The number of piperidine rings is 2. The number of terminal acetylenes is 1. The van der Waals surface area contributed by atoms with Crippen LogP contribution in [0.15, 0.2) is 35.2 Å². The number of carbonyl (C=O) groups excluding carboxylic acids is 1. The first-order chi connectivity index (χ1) is 12.0. The Kier molecular flexibility index (Phi) is 5.45. The second-order valence-electron chi connectivity index (χ2n) is 6.81. The Balaban J connectivity index is 1.71. The molecule has 1 aromatic rings. The number of carbonyl (C=O) groups is 1. The number of benzene rings is 1. The first-order valence-corrected chi connectivity index (χ1v) is 10.3. The molecule has 2 unspecified atom stereocenters. The predicted molar refractivity (Wildman–Crippen MR) is 96.1 cm³/mol. The molecule has 1 amide bonds. The van der Waals surface area contributed by atoms with Crippen LogP contribution in [0, 0.1) is 24.2 Å². The van der Waals surface area contributed by atoms with E-state index in [1.807, 2.05) is 4.90 Å². The highest BCUT2D eigenvalue weighted by atomic mass is 32.2. The molecule has 6 heteroatoms. The molecule has 3 rings (SSSR count). The normalized spacial score (nSPS) is 25.3. The standard InChI is InChI=1S/C19H24N2O3S/c1-2-16-8-6-12-20(14-16)19(22)17-9-7-13-21(15-17)25(23,24)18-10-4-3-5-11-18/h1,3-5,10-11,16-17H,6-9,12-15H2. The Morgan fingerprint density at radius 2 is 1.80 bits per heavy atom. The summed E-state index contributed by atoms with van der Waals surface area (Å²) in [6.07, 6.45) is 8.82. The molecule has 25 heavy (non-hydrogen) atoms. The average molecular weight is 360 g/mol. The lowest BCUT2D eigenvalue weighted by atomic mass is 9.94. The first-order valence-electron chi connectivity index (χ1n) is 8.82. The molecular formula is C19H24N2O3S. The summed E-state index contributed by atoms with van der Waals surface area (Å²) in [4.78, 5) is 15.0. The van der Waals surface area contributed by atoms with E-state index in [4.69, 9.17) is 6.42 Å². The van der Waals surface area contributed by atoms with Crippen molar-refractivity contribution in [3.05, 3.63) is 30.3 Å². The Bertz CT molecular complexity index is 755. The van der Waals surface area contributed by atoms with Crippen molar-refractivity contribution in [1.29, 1.82) is 0 Å². The van der Waals surface area contributed by atoms with Crippen LogP contribution in [0.5, 0.6) is 0 Å². The summed E-state index contributed by atoms with van der Waals surface area (Å²) in [6, 6.07) is 8.42. The summed E-state index contributed by atoms with van der Waals surface area (Å²) in [5.41, 5.74) is 0. The fourth-order valence-electron chi connectivity index (χ4n) is 3.68. The van der Waals surface area contributed by atoms with Crippen LogP contribution in [0.1, 0.15) is 25.7 Å². The summed E-state index contributed by atoms with van der Waals surface area (Å²) >= 11 is 0. The number of amides is 1. The smallest absolute Gasteiger partial charge is 0.243 e. The van der Waals surface area contributed by atoms with E-state index in [2.05, 4.69) is 5.92 Å². The van der Waals surface area contributed by atoms with Crippen LogP contribution in [0.25, 0.3) is 0 Å². The predicted octanol–water partition coefficient (Wildman–Crippen LogP) is 1.96. The molecule has 5 nitrogen and oxygen atoms in total. The van der Waals surface area contributed by atoms with Gasteiger partial charge in [-0.1, -0.05) is 18.2 Å². The van der Waals surface area contributed by atoms with Crippen LogP contribution >= 0.6 is 0 Å². The molecule has 0 aromatic heterocycles. The molecule has 2 atom stereocenters. The summed E-state index contributed by atoms with van der Waals surface area (Å²) in [6.45, 7) is 2.04. The molecular weight excluding hydrogens is 336 g/mol. The maximum Gasteiger partial charge on any atom is 0.243 e. The molecule has 2 saturated heterocycles. The summed E-state index contributed by atoms with van der Waals surface area (Å²) in [7, 11) is -3.54. The number of rotatable bonds is 3. The number of nitrogens with zero attached hydrogens (tertiary/aromatic N) is 2. The van der Waals surface area contributed by atoms with Gasteiger partial charge >= 0.3 is 0 Å². The van der Waals surface area contributed by atoms with Crippen LogP contribution in [0.2, 0.25) is 0 Å². The van der Waals surface area contributed by atoms with E-state index in [1.165, 1.54) is 4.31 Å². The van der Waals surface area contributed by atoms with E-state index in [9.17, 15) is 13.2 Å². The zero-order chi connectivity index (χ0) is 17.9. The molecule has 2 fully saturated rings. The van der Waals surface area contributed by atoms with Gasteiger partial charge in [0.15, 0.2) is 0 Å². The minimum absolute atomic E-state index is 0.0490. The zero-order valence-corrected chi connectivity index (χ0v) is 15.1. The average Bonchev–Trinajstić information content (AvgIpc) is 2.68. The lowest BCUT2D eigenvalue weighted by Crippen LogP contribution is -2.49. The van der Waals surface area contributed by atoms with E-state index in [0.717, 1.165) is 25.8 Å². The maximum absolute atomic E-state index is 12.9. The lowest BCUT2D eigenvalue weighted by Gasteiger charge is -2.37. The molecule has 1 aromatic carbocycles. The van der Waals surface area contributed by atoms with Gasteiger partial charge in [-0.25, -0.2) is 8.42 Å². The third kappa shape index (κ3) is 3.88. The molecule has 134 valence electrons. The van der Waals surface area contributed by atoms with E-state index >= 15 is 0 Å².